The number of phenols is 1. The number of nitrogens with zero attached hydrogens (tertiary/aromatic N) is 1. The van der Waals surface area contributed by atoms with Gasteiger partial charge in [-0.15, -0.1) is 0 Å². The molecule has 0 aliphatic rings. The maximum Gasteiger partial charge on any atom is 1.00 e. The van der Waals surface area contributed by atoms with Crippen LogP contribution < -0.4 is 40.0 Å². The summed E-state index contributed by atoms with van der Waals surface area (Å²) in [6, 6.07) is 21.7. The Balaban J connectivity index is 0.00000337. The molecule has 8 N–H and O–H groups in total. The zero-order valence-electron chi connectivity index (χ0n) is 25.5. The Morgan fingerprint density at radius 3 is 2.07 bits per heavy atom. The van der Waals surface area contributed by atoms with E-state index in [-0.39, 0.29) is 77.3 Å². The van der Waals surface area contributed by atoms with Gasteiger partial charge in [-0.1, -0.05) is 56.3 Å². The molecule has 1 amide bonds. The maximum absolute atomic E-state index is 14.1. The van der Waals surface area contributed by atoms with Crippen molar-refractivity contribution in [2.24, 2.45) is 0 Å². The van der Waals surface area contributed by atoms with Crippen LogP contribution in [-0.4, -0.2) is 54.9 Å². The largest absolute Gasteiger partial charge is 1.00 e. The van der Waals surface area contributed by atoms with Gasteiger partial charge < -0.3 is 46.1 Å². The predicted octanol–water partition coefficient (Wildman–Crippen LogP) is 0.0391. The average Bonchev–Trinajstić information content (AvgIpc) is 3.29. The molecule has 0 aliphatic carbocycles. The van der Waals surface area contributed by atoms with Crippen LogP contribution in [0.5, 0.6) is 5.75 Å². The van der Waals surface area contributed by atoms with Gasteiger partial charge in [0.2, 0.25) is 0 Å². The third-order valence-corrected chi connectivity index (χ3v) is 7.04. The Hall–Kier alpha value is -3.55. The molecule has 0 fully saturated rings. The minimum atomic E-state index is -1.41. The van der Waals surface area contributed by atoms with E-state index in [1.54, 1.807) is 30.3 Å². The van der Waals surface area contributed by atoms with E-state index in [1.807, 2.05) is 48.7 Å². The molecule has 0 bridgehead atoms. The van der Waals surface area contributed by atoms with E-state index in [1.165, 1.54) is 18.2 Å². The second-order valence-corrected chi connectivity index (χ2v) is 10.5. The van der Waals surface area contributed by atoms with Crippen molar-refractivity contribution in [1.29, 1.82) is 0 Å². The molecule has 236 valence electrons. The van der Waals surface area contributed by atoms with Crippen LogP contribution in [-0.2, 0) is 11.3 Å². The normalized spacial score (nSPS) is 11.9. The van der Waals surface area contributed by atoms with Gasteiger partial charge in [-0.25, -0.2) is 4.39 Å². The van der Waals surface area contributed by atoms with Gasteiger partial charge in [-0.2, -0.15) is 0 Å². The number of para-hydroxylation sites is 2. The third kappa shape index (κ3) is 9.72. The molecule has 0 aliphatic heterocycles. The SMILES string of the molecule is CC(C)c1c(C(=O)Nc2ccccc2O)c(-c2ccccc2)c(-c2ccc(F)cc2)n1CC[C@@H](O)C[C@@H](O)CC(=O)[O-].O.O.[Na+]. The smallest absolute Gasteiger partial charge is 0.550 e. The third-order valence-electron chi connectivity index (χ3n) is 7.04. The number of carbonyl (C=O) groups excluding carboxylic acids is 2. The van der Waals surface area contributed by atoms with Crippen molar-refractivity contribution < 1.29 is 74.9 Å². The number of phenolic OH excluding ortho intramolecular Hbond substituents is 1. The number of aliphatic hydroxyl groups excluding tert-OH is 2. The standard InChI is InChI=1S/C33H35FN2O6.Na.2H2O/c1-20(2)31-30(33(42)35-26-10-6-7-11-27(26)39)29(21-8-4-3-5-9-21)32(22-12-14-23(34)15-13-22)36(31)17-16-24(37)18-25(38)19-28(40)41;;;/h3-15,20,24-25,37-39H,16-19H2,1-2H3,(H,35,42)(H,40,41);;2*1H2/q;+1;;/p-1/t24-,25-;;;/m1.../s1. The molecule has 4 rings (SSSR count). The van der Waals surface area contributed by atoms with Crippen molar-refractivity contribution in [3.8, 4) is 28.1 Å². The van der Waals surface area contributed by atoms with Gasteiger partial charge in [-0.3, -0.25) is 4.79 Å². The van der Waals surface area contributed by atoms with E-state index in [0.717, 1.165) is 5.56 Å². The molecular formula is C33H38FN2NaO8. The van der Waals surface area contributed by atoms with Gasteiger partial charge in [0.05, 0.1) is 29.2 Å². The minimum absolute atomic E-state index is 0. The Bertz CT molecular complexity index is 1540. The number of hydrogen-bond donors (Lipinski definition) is 4. The van der Waals surface area contributed by atoms with Crippen LogP contribution in [0.25, 0.3) is 22.4 Å². The van der Waals surface area contributed by atoms with Gasteiger partial charge in [0.15, 0.2) is 0 Å². The van der Waals surface area contributed by atoms with Crippen molar-refractivity contribution in [3.05, 3.63) is 95.9 Å². The van der Waals surface area contributed by atoms with Crippen molar-refractivity contribution in [3.63, 3.8) is 0 Å². The predicted molar refractivity (Wildman–Crippen MR) is 164 cm³/mol. The van der Waals surface area contributed by atoms with Gasteiger partial charge in [-0.05, 0) is 66.3 Å². The number of halogens is 1. The average molecular weight is 633 g/mol. The van der Waals surface area contributed by atoms with E-state index >= 15 is 0 Å². The Kier molecular flexibility index (Phi) is 15.6. The summed E-state index contributed by atoms with van der Waals surface area (Å²) in [5.74, 6) is -2.56. The van der Waals surface area contributed by atoms with E-state index < -0.39 is 36.3 Å². The molecule has 4 aromatic rings. The molecule has 10 nitrogen and oxygen atoms in total. The zero-order chi connectivity index (χ0) is 30.4. The van der Waals surface area contributed by atoms with E-state index in [4.69, 9.17) is 0 Å². The fourth-order valence-corrected chi connectivity index (χ4v) is 5.24. The summed E-state index contributed by atoms with van der Waals surface area (Å²) in [5, 5.41) is 44.8. The number of carboxylic acid groups (broad SMARTS) is 1. The summed E-state index contributed by atoms with van der Waals surface area (Å²) in [6.07, 6.45) is -2.92. The van der Waals surface area contributed by atoms with Crippen molar-refractivity contribution in [2.75, 3.05) is 5.32 Å². The number of amides is 1. The topological polar surface area (TPSA) is 198 Å². The summed E-state index contributed by atoms with van der Waals surface area (Å²) in [7, 11) is 0. The van der Waals surface area contributed by atoms with Gasteiger partial charge >= 0.3 is 29.6 Å². The number of carbonyl (C=O) groups is 2. The Morgan fingerprint density at radius 1 is 0.889 bits per heavy atom. The molecular weight excluding hydrogens is 594 g/mol. The van der Waals surface area contributed by atoms with Crippen molar-refractivity contribution in [1.82, 2.24) is 4.57 Å². The number of aliphatic carboxylic acids is 1. The molecule has 0 saturated carbocycles. The number of anilines is 1. The van der Waals surface area contributed by atoms with Crippen LogP contribution in [0.3, 0.4) is 0 Å². The van der Waals surface area contributed by atoms with Gasteiger partial charge in [0.25, 0.3) is 5.91 Å². The fraction of sp³-hybridized carbons (Fsp3) is 0.273. The first-order valence-electron chi connectivity index (χ1n) is 13.8. The quantitative estimate of drug-likeness (QED) is 0.126. The molecule has 0 radical (unpaired) electrons. The van der Waals surface area contributed by atoms with Crippen LogP contribution in [0.15, 0.2) is 78.9 Å². The number of aromatic hydroxyl groups is 1. The Morgan fingerprint density at radius 2 is 1.49 bits per heavy atom. The summed E-state index contributed by atoms with van der Waals surface area (Å²) >= 11 is 0. The van der Waals surface area contributed by atoms with E-state index in [9.17, 15) is 34.4 Å². The maximum atomic E-state index is 14.1. The molecule has 0 saturated heterocycles. The fourth-order valence-electron chi connectivity index (χ4n) is 5.24. The number of benzene rings is 3. The van der Waals surface area contributed by atoms with Crippen LogP contribution in [0.1, 0.15) is 55.1 Å². The molecule has 0 unspecified atom stereocenters. The van der Waals surface area contributed by atoms with E-state index in [2.05, 4.69) is 5.32 Å². The number of rotatable bonds is 12. The van der Waals surface area contributed by atoms with Crippen LogP contribution in [0, 0.1) is 5.82 Å². The van der Waals surface area contributed by atoms with Crippen LogP contribution >= 0.6 is 0 Å². The minimum Gasteiger partial charge on any atom is -0.550 e. The first kappa shape index (κ1) is 39.5. The van der Waals surface area contributed by atoms with Crippen molar-refractivity contribution >= 4 is 17.6 Å². The van der Waals surface area contributed by atoms with Crippen molar-refractivity contribution in [2.45, 2.75) is 57.8 Å². The monoisotopic (exact) mass is 632 g/mol. The number of aromatic nitrogens is 1. The molecule has 2 atom stereocenters. The van der Waals surface area contributed by atoms with Gasteiger partial charge in [0, 0.05) is 30.2 Å². The molecule has 45 heavy (non-hydrogen) atoms. The molecule has 12 heteroatoms. The number of carboxylic acids is 1. The summed E-state index contributed by atoms with van der Waals surface area (Å²) in [5.41, 5.74) is 3.88. The number of hydrogen-bond acceptors (Lipinski definition) is 6. The summed E-state index contributed by atoms with van der Waals surface area (Å²) in [4.78, 5) is 25.0. The van der Waals surface area contributed by atoms with E-state index in [0.29, 0.717) is 28.1 Å². The summed E-state index contributed by atoms with van der Waals surface area (Å²) in [6.45, 7) is 4.08. The van der Waals surface area contributed by atoms with Crippen LogP contribution in [0.4, 0.5) is 10.1 Å². The molecule has 3 aromatic carbocycles. The number of nitrogens with one attached hydrogen (secondary N) is 1. The Labute approximate surface area is 283 Å². The first-order valence-corrected chi connectivity index (χ1v) is 13.8. The van der Waals surface area contributed by atoms with Gasteiger partial charge in [0.1, 0.15) is 11.6 Å². The summed E-state index contributed by atoms with van der Waals surface area (Å²) < 4.78 is 15.9. The molecule has 0 spiro atoms. The molecule has 1 aromatic heterocycles. The second kappa shape index (κ2) is 17.8. The second-order valence-electron chi connectivity index (χ2n) is 10.5. The molecule has 1 heterocycles. The first-order chi connectivity index (χ1) is 20.1. The zero-order valence-corrected chi connectivity index (χ0v) is 27.5. The van der Waals surface area contributed by atoms with Crippen LogP contribution in [0.2, 0.25) is 0 Å². The number of aliphatic hydroxyl groups is 2.